The summed E-state index contributed by atoms with van der Waals surface area (Å²) in [7, 11) is 1.28. The number of methoxy groups -OCH3 is 1. The van der Waals surface area contributed by atoms with Gasteiger partial charge in [0.2, 0.25) is 5.91 Å². The number of fused-ring (bicyclic) bond motifs is 1. The van der Waals surface area contributed by atoms with Crippen molar-refractivity contribution in [1.29, 1.82) is 0 Å². The number of hydrogen-bond acceptors (Lipinski definition) is 5. The van der Waals surface area contributed by atoms with Gasteiger partial charge in [-0.25, -0.2) is 0 Å². The fourth-order valence-electron chi connectivity index (χ4n) is 4.39. The van der Waals surface area contributed by atoms with Crippen LogP contribution in [-0.2, 0) is 33.8 Å². The number of hydrogen-bond donors (Lipinski definition) is 1. The van der Waals surface area contributed by atoms with E-state index in [1.165, 1.54) is 12.0 Å². The molecule has 0 fully saturated rings. The van der Waals surface area contributed by atoms with Gasteiger partial charge < -0.3 is 15.4 Å². The van der Waals surface area contributed by atoms with Gasteiger partial charge in [-0.1, -0.05) is 60.7 Å². The summed E-state index contributed by atoms with van der Waals surface area (Å²) in [6.07, 6.45) is 0.417. The highest BCUT2D eigenvalue weighted by Crippen LogP contribution is 2.31. The van der Waals surface area contributed by atoms with Gasteiger partial charge in [-0.15, -0.1) is 0 Å². The minimum atomic E-state index is -1.03. The second-order valence-electron chi connectivity index (χ2n) is 8.50. The molecule has 2 N–H and O–H groups in total. The molecule has 1 aliphatic rings. The quantitative estimate of drug-likeness (QED) is 0.534. The molecule has 35 heavy (non-hydrogen) atoms. The van der Waals surface area contributed by atoms with E-state index < -0.39 is 12.0 Å². The van der Waals surface area contributed by atoms with Crippen molar-refractivity contribution in [3.05, 3.63) is 101 Å². The van der Waals surface area contributed by atoms with Crippen LogP contribution in [0.1, 0.15) is 33.5 Å². The normalized spacial score (nSPS) is 15.4. The molecular weight excluding hydrogens is 442 g/mol. The van der Waals surface area contributed by atoms with Gasteiger partial charge in [0.25, 0.3) is 5.91 Å². The number of amides is 2. The van der Waals surface area contributed by atoms with Gasteiger partial charge in [0.1, 0.15) is 6.04 Å². The SMILES string of the molecule is COC(=O)CC1C(=O)N(CCc2ccccc2)Cc2ccccc2N1C(=O)c1cccc(CN)c1. The summed E-state index contributed by atoms with van der Waals surface area (Å²) in [4.78, 5) is 43.3. The van der Waals surface area contributed by atoms with E-state index in [4.69, 9.17) is 10.5 Å². The second-order valence-corrected chi connectivity index (χ2v) is 8.50. The molecule has 2 amide bonds. The molecule has 7 heteroatoms. The number of nitrogens with zero attached hydrogens (tertiary/aromatic N) is 2. The number of nitrogens with two attached hydrogens (primary N) is 1. The third-order valence-corrected chi connectivity index (χ3v) is 6.25. The predicted molar refractivity (Wildman–Crippen MR) is 134 cm³/mol. The van der Waals surface area contributed by atoms with Crippen molar-refractivity contribution in [2.45, 2.75) is 32.0 Å². The standard InChI is InChI=1S/C28H29N3O4/c1-35-26(32)17-25-28(34)30(15-14-20-8-3-2-4-9-20)19-23-11-5-6-13-24(23)31(25)27(33)22-12-7-10-21(16-22)18-29/h2-13,16,25H,14-15,17-19,29H2,1H3. The van der Waals surface area contributed by atoms with E-state index >= 15 is 0 Å². The Kier molecular flexibility index (Phi) is 7.57. The van der Waals surface area contributed by atoms with Gasteiger partial charge in [-0.05, 0) is 41.3 Å². The number of carbonyl (C=O) groups is 3. The number of esters is 1. The summed E-state index contributed by atoms with van der Waals surface area (Å²) in [6.45, 7) is 1.08. The van der Waals surface area contributed by atoms with E-state index in [1.54, 1.807) is 23.1 Å². The summed E-state index contributed by atoms with van der Waals surface area (Å²) < 4.78 is 4.90. The van der Waals surface area contributed by atoms with Gasteiger partial charge in [-0.2, -0.15) is 0 Å². The number of rotatable bonds is 7. The van der Waals surface area contributed by atoms with Gasteiger partial charge in [0.05, 0.1) is 13.5 Å². The van der Waals surface area contributed by atoms with Crippen LogP contribution < -0.4 is 10.6 Å². The largest absolute Gasteiger partial charge is 0.469 e. The maximum absolute atomic E-state index is 13.9. The second kappa shape index (κ2) is 11.0. The fraction of sp³-hybridized carbons (Fsp3) is 0.250. The van der Waals surface area contributed by atoms with Crippen LogP contribution in [0.15, 0.2) is 78.9 Å². The molecule has 1 aliphatic heterocycles. The molecule has 0 bridgehead atoms. The number of benzene rings is 3. The van der Waals surface area contributed by atoms with E-state index in [1.807, 2.05) is 60.7 Å². The van der Waals surface area contributed by atoms with Crippen LogP contribution in [0.5, 0.6) is 0 Å². The third-order valence-electron chi connectivity index (χ3n) is 6.25. The van der Waals surface area contributed by atoms with Crippen molar-refractivity contribution in [3.63, 3.8) is 0 Å². The number of ether oxygens (including phenoxy) is 1. The van der Waals surface area contributed by atoms with E-state index in [0.717, 1.165) is 16.7 Å². The molecule has 0 saturated heterocycles. The van der Waals surface area contributed by atoms with Crippen LogP contribution in [0.2, 0.25) is 0 Å². The average Bonchev–Trinajstić information content (AvgIpc) is 3.02. The lowest BCUT2D eigenvalue weighted by atomic mass is 10.0. The molecule has 3 aromatic carbocycles. The van der Waals surface area contributed by atoms with E-state index in [2.05, 4.69) is 0 Å². The molecule has 1 heterocycles. The number of carbonyl (C=O) groups excluding carboxylic acids is 3. The minimum Gasteiger partial charge on any atom is -0.469 e. The Labute approximate surface area is 205 Å². The third kappa shape index (κ3) is 5.41. The Morgan fingerprint density at radius 1 is 0.971 bits per heavy atom. The van der Waals surface area contributed by atoms with Crippen LogP contribution in [0.3, 0.4) is 0 Å². The summed E-state index contributed by atoms with van der Waals surface area (Å²) >= 11 is 0. The van der Waals surface area contributed by atoms with E-state index in [9.17, 15) is 14.4 Å². The first-order valence-electron chi connectivity index (χ1n) is 11.6. The lowest BCUT2D eigenvalue weighted by molar-refractivity contribution is -0.144. The summed E-state index contributed by atoms with van der Waals surface area (Å²) in [5.74, 6) is -1.20. The highest BCUT2D eigenvalue weighted by Gasteiger charge is 2.40. The molecule has 0 radical (unpaired) electrons. The fourth-order valence-corrected chi connectivity index (χ4v) is 4.39. The minimum absolute atomic E-state index is 0.242. The lowest BCUT2D eigenvalue weighted by Crippen LogP contribution is -2.50. The number of para-hydroxylation sites is 1. The molecule has 4 rings (SSSR count). The highest BCUT2D eigenvalue weighted by atomic mass is 16.5. The first-order chi connectivity index (χ1) is 17.0. The molecule has 0 aliphatic carbocycles. The van der Waals surface area contributed by atoms with Crippen molar-refractivity contribution in [2.75, 3.05) is 18.6 Å². The van der Waals surface area contributed by atoms with Crippen LogP contribution in [0, 0.1) is 0 Å². The summed E-state index contributed by atoms with van der Waals surface area (Å²) in [5, 5.41) is 0. The van der Waals surface area contributed by atoms with E-state index in [0.29, 0.717) is 30.8 Å². The first-order valence-corrected chi connectivity index (χ1v) is 11.6. The van der Waals surface area contributed by atoms with Gasteiger partial charge >= 0.3 is 5.97 Å². The van der Waals surface area contributed by atoms with Crippen LogP contribution in [0.4, 0.5) is 5.69 Å². The Morgan fingerprint density at radius 2 is 1.69 bits per heavy atom. The molecule has 7 nitrogen and oxygen atoms in total. The molecule has 180 valence electrons. The molecule has 0 aromatic heterocycles. The maximum Gasteiger partial charge on any atom is 0.308 e. The zero-order chi connectivity index (χ0) is 24.8. The Morgan fingerprint density at radius 3 is 2.43 bits per heavy atom. The Balaban J connectivity index is 1.75. The zero-order valence-corrected chi connectivity index (χ0v) is 19.7. The molecular formula is C28H29N3O4. The van der Waals surface area contributed by atoms with Crippen molar-refractivity contribution in [1.82, 2.24) is 4.90 Å². The van der Waals surface area contributed by atoms with Crippen LogP contribution >= 0.6 is 0 Å². The van der Waals surface area contributed by atoms with Crippen LogP contribution in [0.25, 0.3) is 0 Å². The topological polar surface area (TPSA) is 92.9 Å². The van der Waals surface area contributed by atoms with Crippen molar-refractivity contribution >= 4 is 23.5 Å². The van der Waals surface area contributed by atoms with Gasteiger partial charge in [0.15, 0.2) is 0 Å². The molecule has 1 unspecified atom stereocenters. The predicted octanol–water partition coefficient (Wildman–Crippen LogP) is 3.31. The molecule has 3 aromatic rings. The number of anilines is 1. The van der Waals surface area contributed by atoms with E-state index in [-0.39, 0.29) is 24.8 Å². The molecule has 1 atom stereocenters. The van der Waals surface area contributed by atoms with Crippen molar-refractivity contribution < 1.29 is 19.1 Å². The monoisotopic (exact) mass is 471 g/mol. The smallest absolute Gasteiger partial charge is 0.308 e. The zero-order valence-electron chi connectivity index (χ0n) is 19.7. The van der Waals surface area contributed by atoms with Crippen molar-refractivity contribution in [2.24, 2.45) is 5.73 Å². The van der Waals surface area contributed by atoms with Crippen molar-refractivity contribution in [3.8, 4) is 0 Å². The average molecular weight is 472 g/mol. The summed E-state index contributed by atoms with van der Waals surface area (Å²) in [6, 6.07) is 23.4. The highest BCUT2D eigenvalue weighted by molar-refractivity contribution is 6.11. The summed E-state index contributed by atoms with van der Waals surface area (Å²) in [5.41, 5.74) is 9.55. The van der Waals surface area contributed by atoms with Crippen LogP contribution in [-0.4, -0.2) is 42.4 Å². The lowest BCUT2D eigenvalue weighted by Gasteiger charge is -2.31. The molecule has 0 spiro atoms. The van der Waals surface area contributed by atoms with Gasteiger partial charge in [-0.3, -0.25) is 19.3 Å². The Bertz CT molecular complexity index is 1210. The molecule has 0 saturated carbocycles. The first kappa shape index (κ1) is 24.2. The maximum atomic E-state index is 13.9. The Hall–Kier alpha value is -3.97. The van der Waals surface area contributed by atoms with Gasteiger partial charge in [0, 0.05) is 30.9 Å².